The third kappa shape index (κ3) is 17.4. The van der Waals surface area contributed by atoms with Gasteiger partial charge in [0.1, 0.15) is 5.78 Å². The van der Waals surface area contributed by atoms with Gasteiger partial charge in [0.05, 0.1) is 30.8 Å². The fourth-order valence-corrected chi connectivity index (χ4v) is 5.63. The number of hydrogen-bond acceptors (Lipinski definition) is 8. The highest BCUT2D eigenvalue weighted by molar-refractivity contribution is 5.84. The van der Waals surface area contributed by atoms with Crippen LogP contribution in [0, 0.1) is 17.8 Å². The summed E-state index contributed by atoms with van der Waals surface area (Å²) in [5.74, 6) is -0.318. The lowest BCUT2D eigenvalue weighted by molar-refractivity contribution is -0.160. The third-order valence-electron chi connectivity index (χ3n) is 8.49. The number of nitrogens with one attached hydrogen (secondary N) is 1. The summed E-state index contributed by atoms with van der Waals surface area (Å²) >= 11 is 0. The number of Topliss-reactive ketones (excluding diaryl/α,β-unsaturated/α-hetero) is 1. The second-order valence-electron chi connectivity index (χ2n) is 12.8. The summed E-state index contributed by atoms with van der Waals surface area (Å²) in [7, 11) is 1.61. The standard InChI is InChI=1S/C35H61NO8/c1-6-12-33-34(41)36-23-30(38)22-32(40)31(39)20-19-28(24-43-5)16-10-14-27(7-2)15-11-18-29(37)17-9-8-13-25(3)21-26(4)35(42)44-33/h10,14,16,25-27,30-33,38-40H,6-9,11-13,15,17-24H2,1-5H3,(H,36,41)/b14-10+,28-16-/t25-,26+,27+,30+,31-,32+,33+/m1/s1. The first-order chi connectivity index (χ1) is 21.0. The molecular weight excluding hydrogens is 562 g/mol. The van der Waals surface area contributed by atoms with E-state index in [1.165, 1.54) is 0 Å². The average molecular weight is 624 g/mol. The smallest absolute Gasteiger partial charge is 0.309 e. The fourth-order valence-electron chi connectivity index (χ4n) is 5.63. The van der Waals surface area contributed by atoms with Crippen molar-refractivity contribution in [1.29, 1.82) is 0 Å². The van der Waals surface area contributed by atoms with Crippen LogP contribution in [0.5, 0.6) is 0 Å². The molecule has 0 aromatic heterocycles. The Morgan fingerprint density at radius 3 is 2.34 bits per heavy atom. The number of esters is 1. The first kappa shape index (κ1) is 40.0. The molecule has 1 heterocycles. The Kier molecular flexibility index (Phi) is 21.2. The number of methoxy groups -OCH3 is 1. The summed E-state index contributed by atoms with van der Waals surface area (Å²) in [6.45, 7) is 8.21. The van der Waals surface area contributed by atoms with Crippen LogP contribution in [-0.2, 0) is 23.9 Å². The molecule has 0 spiro atoms. The van der Waals surface area contributed by atoms with Crippen molar-refractivity contribution >= 4 is 17.7 Å². The van der Waals surface area contributed by atoms with Crippen molar-refractivity contribution in [2.24, 2.45) is 17.8 Å². The van der Waals surface area contributed by atoms with E-state index < -0.39 is 36.3 Å². The van der Waals surface area contributed by atoms with Gasteiger partial charge in [-0.25, -0.2) is 0 Å². The second-order valence-corrected chi connectivity index (χ2v) is 12.8. The first-order valence-electron chi connectivity index (χ1n) is 16.9. The molecule has 4 N–H and O–H groups in total. The van der Waals surface area contributed by atoms with Gasteiger partial charge in [0.15, 0.2) is 6.10 Å². The summed E-state index contributed by atoms with van der Waals surface area (Å²) in [5.41, 5.74) is 0.973. The van der Waals surface area contributed by atoms with E-state index in [4.69, 9.17) is 9.47 Å². The SMILES string of the molecule is CCC[C@@H]1OC(=O)[C@@H](C)C[C@H](C)CCCCC(=O)CCC[C@@H](CC)/C=C/C=C(\COC)CC[C@@H](O)[C@@H](O)C[C@H](O)CNC1=O. The minimum Gasteiger partial charge on any atom is -0.452 e. The zero-order valence-electron chi connectivity index (χ0n) is 28.0. The van der Waals surface area contributed by atoms with Gasteiger partial charge in [-0.1, -0.05) is 65.2 Å². The van der Waals surface area contributed by atoms with Crippen molar-refractivity contribution in [3.8, 4) is 0 Å². The summed E-state index contributed by atoms with van der Waals surface area (Å²) in [4.78, 5) is 38.1. The van der Waals surface area contributed by atoms with Crippen molar-refractivity contribution < 1.29 is 39.2 Å². The first-order valence-corrected chi connectivity index (χ1v) is 16.9. The van der Waals surface area contributed by atoms with Gasteiger partial charge in [0, 0.05) is 32.9 Å². The van der Waals surface area contributed by atoms with E-state index in [-0.39, 0.29) is 31.2 Å². The molecule has 1 aliphatic rings. The molecule has 0 fully saturated rings. The van der Waals surface area contributed by atoms with Crippen LogP contribution >= 0.6 is 0 Å². The van der Waals surface area contributed by atoms with Crippen molar-refractivity contribution in [3.05, 3.63) is 23.8 Å². The predicted octanol–water partition coefficient (Wildman–Crippen LogP) is 5.20. The number of ketones is 1. The quantitative estimate of drug-likeness (QED) is 0.306. The Hall–Kier alpha value is -2.07. The van der Waals surface area contributed by atoms with Crippen LogP contribution in [0.25, 0.3) is 0 Å². The normalized spacial score (nSPS) is 32.8. The summed E-state index contributed by atoms with van der Waals surface area (Å²) in [6.07, 6.45) is 10.9. The van der Waals surface area contributed by atoms with Crippen LogP contribution in [0.15, 0.2) is 23.8 Å². The van der Waals surface area contributed by atoms with Crippen molar-refractivity contribution in [1.82, 2.24) is 5.32 Å². The molecule has 0 bridgehead atoms. The van der Waals surface area contributed by atoms with E-state index >= 15 is 0 Å². The maximum atomic E-state index is 12.8. The van der Waals surface area contributed by atoms with Gasteiger partial charge < -0.3 is 30.1 Å². The monoisotopic (exact) mass is 623 g/mol. The minimum atomic E-state index is -1.17. The Labute approximate surface area is 265 Å². The highest BCUT2D eigenvalue weighted by Crippen LogP contribution is 2.22. The third-order valence-corrected chi connectivity index (χ3v) is 8.49. The van der Waals surface area contributed by atoms with Crippen LogP contribution in [0.1, 0.15) is 118 Å². The molecule has 0 aliphatic carbocycles. The molecule has 44 heavy (non-hydrogen) atoms. The molecule has 0 unspecified atom stereocenters. The Morgan fingerprint density at radius 2 is 1.66 bits per heavy atom. The summed E-state index contributed by atoms with van der Waals surface area (Å²) in [6, 6.07) is 0. The van der Waals surface area contributed by atoms with E-state index in [9.17, 15) is 29.7 Å². The van der Waals surface area contributed by atoms with Crippen LogP contribution in [0.2, 0.25) is 0 Å². The lowest BCUT2D eigenvalue weighted by atomic mass is 9.92. The maximum Gasteiger partial charge on any atom is 0.309 e. The van der Waals surface area contributed by atoms with Crippen LogP contribution in [-0.4, -0.2) is 77.7 Å². The van der Waals surface area contributed by atoms with Gasteiger partial charge in [-0.3, -0.25) is 14.4 Å². The van der Waals surface area contributed by atoms with Crippen LogP contribution < -0.4 is 5.32 Å². The van der Waals surface area contributed by atoms with Gasteiger partial charge in [-0.05, 0) is 68.8 Å². The van der Waals surface area contributed by atoms with Gasteiger partial charge in [0.25, 0.3) is 5.91 Å². The zero-order chi connectivity index (χ0) is 32.9. The maximum absolute atomic E-state index is 12.8. The van der Waals surface area contributed by atoms with E-state index in [2.05, 4.69) is 25.2 Å². The van der Waals surface area contributed by atoms with Gasteiger partial charge in [-0.15, -0.1) is 0 Å². The number of allylic oxidation sites excluding steroid dienone is 3. The van der Waals surface area contributed by atoms with E-state index in [1.807, 2.05) is 26.0 Å². The lowest BCUT2D eigenvalue weighted by Crippen LogP contribution is -2.43. The highest BCUT2D eigenvalue weighted by atomic mass is 16.5. The Bertz CT molecular complexity index is 888. The number of carbonyl (C=O) groups is 3. The molecule has 254 valence electrons. The topological polar surface area (TPSA) is 142 Å². The highest BCUT2D eigenvalue weighted by Gasteiger charge is 2.27. The fraction of sp³-hybridized carbons (Fsp3) is 0.800. The number of cyclic esters (lactones) is 1. The van der Waals surface area contributed by atoms with Crippen molar-refractivity contribution in [2.45, 2.75) is 142 Å². The average Bonchev–Trinajstić information content (AvgIpc) is 2.98. The number of amides is 1. The number of carbonyl (C=O) groups excluding carboxylic acids is 3. The number of aliphatic hydroxyl groups excluding tert-OH is 3. The molecule has 1 aliphatic heterocycles. The van der Waals surface area contributed by atoms with Crippen molar-refractivity contribution in [3.63, 3.8) is 0 Å². The summed E-state index contributed by atoms with van der Waals surface area (Å²) < 4.78 is 10.9. The Balaban J connectivity index is 2.96. The molecule has 9 nitrogen and oxygen atoms in total. The molecule has 0 aromatic carbocycles. The summed E-state index contributed by atoms with van der Waals surface area (Å²) in [5, 5.41) is 34.1. The van der Waals surface area contributed by atoms with E-state index in [0.29, 0.717) is 56.8 Å². The number of β-amino-alcohol motifs (C(OH)–C–C–N with tert-alkyl or cyclic N) is 1. The lowest BCUT2D eigenvalue weighted by Gasteiger charge is -2.23. The predicted molar refractivity (Wildman–Crippen MR) is 173 cm³/mol. The molecular formula is C35H61NO8. The number of hydrogen-bond donors (Lipinski definition) is 4. The Morgan fingerprint density at radius 1 is 0.932 bits per heavy atom. The largest absolute Gasteiger partial charge is 0.452 e. The number of rotatable bonds is 5. The van der Waals surface area contributed by atoms with E-state index in [0.717, 1.165) is 44.1 Å². The molecule has 0 saturated carbocycles. The van der Waals surface area contributed by atoms with Gasteiger partial charge >= 0.3 is 5.97 Å². The molecule has 1 amide bonds. The van der Waals surface area contributed by atoms with E-state index in [1.54, 1.807) is 7.11 Å². The number of ether oxygens (including phenoxy) is 2. The van der Waals surface area contributed by atoms with Gasteiger partial charge in [-0.2, -0.15) is 0 Å². The molecule has 0 radical (unpaired) electrons. The molecule has 0 aromatic rings. The molecule has 9 heteroatoms. The number of aliphatic hydroxyl groups is 3. The molecule has 0 saturated heterocycles. The van der Waals surface area contributed by atoms with Crippen LogP contribution in [0.4, 0.5) is 0 Å². The minimum absolute atomic E-state index is 0.113. The molecule has 1 rings (SSSR count). The van der Waals surface area contributed by atoms with Crippen molar-refractivity contribution in [2.75, 3.05) is 20.3 Å². The van der Waals surface area contributed by atoms with Crippen LogP contribution in [0.3, 0.4) is 0 Å². The second kappa shape index (κ2) is 23.3. The molecule has 7 atom stereocenters. The zero-order valence-corrected chi connectivity index (χ0v) is 28.0. The van der Waals surface area contributed by atoms with Gasteiger partial charge in [0.2, 0.25) is 0 Å².